The lowest BCUT2D eigenvalue weighted by molar-refractivity contribution is 0.223. The summed E-state index contributed by atoms with van der Waals surface area (Å²) in [5.41, 5.74) is 0.748. The lowest BCUT2D eigenvalue weighted by Crippen LogP contribution is -2.41. The van der Waals surface area contributed by atoms with Crippen molar-refractivity contribution in [1.29, 1.82) is 0 Å². The maximum absolute atomic E-state index is 14.1. The van der Waals surface area contributed by atoms with Crippen molar-refractivity contribution < 1.29 is 8.78 Å². The number of halogens is 2. The van der Waals surface area contributed by atoms with E-state index in [1.165, 1.54) is 12.5 Å². The summed E-state index contributed by atoms with van der Waals surface area (Å²) in [7, 11) is 0. The fourth-order valence-corrected chi connectivity index (χ4v) is 3.31. The monoisotopic (exact) mass is 295 g/mol. The summed E-state index contributed by atoms with van der Waals surface area (Å²) in [6.45, 7) is 9.54. The van der Waals surface area contributed by atoms with Gasteiger partial charge < -0.3 is 5.32 Å². The first-order valence-electron chi connectivity index (χ1n) is 7.96. The van der Waals surface area contributed by atoms with Gasteiger partial charge in [-0.1, -0.05) is 19.4 Å². The first-order valence-corrected chi connectivity index (χ1v) is 7.96. The smallest absolute Gasteiger partial charge is 0.129 e. The molecule has 1 aromatic rings. The molecule has 1 nitrogen and oxygen atoms in total. The van der Waals surface area contributed by atoms with Crippen LogP contribution < -0.4 is 5.32 Å². The van der Waals surface area contributed by atoms with E-state index in [4.69, 9.17) is 0 Å². The van der Waals surface area contributed by atoms with Crippen LogP contribution in [0.4, 0.5) is 8.78 Å². The van der Waals surface area contributed by atoms with Gasteiger partial charge in [0.05, 0.1) is 0 Å². The molecule has 0 spiro atoms. The average Bonchev–Trinajstić information content (AvgIpc) is 2.36. The number of benzene rings is 1. The molecule has 3 unspecified atom stereocenters. The predicted molar refractivity (Wildman–Crippen MR) is 83.4 cm³/mol. The van der Waals surface area contributed by atoms with Gasteiger partial charge in [-0.15, -0.1) is 0 Å². The molecule has 3 heteroatoms. The highest BCUT2D eigenvalue weighted by Gasteiger charge is 2.32. The third kappa shape index (κ3) is 4.50. The van der Waals surface area contributed by atoms with Gasteiger partial charge in [0.25, 0.3) is 0 Å². The van der Waals surface area contributed by atoms with Crippen LogP contribution >= 0.6 is 0 Å². The zero-order valence-corrected chi connectivity index (χ0v) is 13.5. The second-order valence-corrected chi connectivity index (χ2v) is 7.58. The van der Waals surface area contributed by atoms with E-state index in [9.17, 15) is 8.78 Å². The first-order chi connectivity index (χ1) is 9.76. The van der Waals surface area contributed by atoms with Gasteiger partial charge in [-0.25, -0.2) is 8.78 Å². The van der Waals surface area contributed by atoms with Crippen LogP contribution in [0.2, 0.25) is 0 Å². The topological polar surface area (TPSA) is 12.0 Å². The minimum Gasteiger partial charge on any atom is -0.312 e. The van der Waals surface area contributed by atoms with Crippen molar-refractivity contribution >= 4 is 0 Å². The highest BCUT2D eigenvalue weighted by atomic mass is 19.1. The number of rotatable bonds is 3. The first kappa shape index (κ1) is 16.4. The summed E-state index contributed by atoms with van der Waals surface area (Å²) < 4.78 is 27.3. The maximum atomic E-state index is 14.1. The van der Waals surface area contributed by atoms with E-state index in [1.54, 1.807) is 6.07 Å². The lowest BCUT2D eigenvalue weighted by Gasteiger charge is -2.37. The molecule has 0 aliphatic heterocycles. The van der Waals surface area contributed by atoms with Gasteiger partial charge in [0.2, 0.25) is 0 Å². The van der Waals surface area contributed by atoms with Gasteiger partial charge in [0, 0.05) is 11.6 Å². The van der Waals surface area contributed by atoms with Crippen molar-refractivity contribution in [3.63, 3.8) is 0 Å². The zero-order chi connectivity index (χ0) is 15.6. The Bertz CT molecular complexity index is 479. The minimum atomic E-state index is -0.496. The van der Waals surface area contributed by atoms with Crippen molar-refractivity contribution in [2.45, 2.75) is 58.4 Å². The molecule has 0 amide bonds. The summed E-state index contributed by atoms with van der Waals surface area (Å²) in [6, 6.07) is 4.03. The van der Waals surface area contributed by atoms with Crippen LogP contribution in [0.5, 0.6) is 0 Å². The quantitative estimate of drug-likeness (QED) is 0.838. The van der Waals surface area contributed by atoms with E-state index >= 15 is 0 Å². The van der Waals surface area contributed by atoms with Gasteiger partial charge in [-0.3, -0.25) is 0 Å². The third-order valence-corrected chi connectivity index (χ3v) is 4.51. The van der Waals surface area contributed by atoms with Crippen molar-refractivity contribution in [2.75, 3.05) is 6.54 Å². The van der Waals surface area contributed by atoms with Crippen molar-refractivity contribution in [3.05, 3.63) is 35.4 Å². The second-order valence-electron chi connectivity index (χ2n) is 7.58. The molecular formula is C18H27F2N. The minimum absolute atomic E-state index is 0.0644. The SMILES string of the molecule is CC1CCC(CNC(C)(C)C)C(c2ccc(F)cc2F)C1. The van der Waals surface area contributed by atoms with Crippen LogP contribution in [0, 0.1) is 23.5 Å². The Balaban J connectivity index is 2.18. The van der Waals surface area contributed by atoms with Gasteiger partial charge in [-0.05, 0) is 69.5 Å². The number of hydrogen-bond acceptors (Lipinski definition) is 1. The van der Waals surface area contributed by atoms with E-state index in [2.05, 4.69) is 33.0 Å². The van der Waals surface area contributed by atoms with Crippen molar-refractivity contribution in [1.82, 2.24) is 5.32 Å². The van der Waals surface area contributed by atoms with Gasteiger partial charge >= 0.3 is 0 Å². The van der Waals surface area contributed by atoms with Gasteiger partial charge in [-0.2, -0.15) is 0 Å². The van der Waals surface area contributed by atoms with Crippen molar-refractivity contribution in [3.8, 4) is 0 Å². The zero-order valence-electron chi connectivity index (χ0n) is 13.5. The van der Waals surface area contributed by atoms with Crippen LogP contribution in [0.15, 0.2) is 18.2 Å². The normalized spacial score (nSPS) is 26.9. The molecule has 1 aromatic carbocycles. The fraction of sp³-hybridized carbons (Fsp3) is 0.667. The molecule has 1 fully saturated rings. The molecule has 0 heterocycles. The Hall–Kier alpha value is -0.960. The molecule has 21 heavy (non-hydrogen) atoms. The second kappa shape index (κ2) is 6.43. The summed E-state index contributed by atoms with van der Waals surface area (Å²) in [4.78, 5) is 0. The maximum Gasteiger partial charge on any atom is 0.129 e. The molecule has 1 aliphatic rings. The van der Waals surface area contributed by atoms with E-state index < -0.39 is 11.6 Å². The molecule has 2 rings (SSSR count). The molecule has 0 bridgehead atoms. The summed E-state index contributed by atoms with van der Waals surface area (Å²) >= 11 is 0. The van der Waals surface area contributed by atoms with Gasteiger partial charge in [0.15, 0.2) is 0 Å². The Labute approximate surface area is 127 Å². The lowest BCUT2D eigenvalue weighted by atomic mass is 9.71. The molecule has 1 N–H and O–H groups in total. The summed E-state index contributed by atoms with van der Waals surface area (Å²) in [5.74, 6) is 0.314. The molecule has 0 saturated heterocycles. The van der Waals surface area contributed by atoms with E-state index in [1.807, 2.05) is 0 Å². The molecule has 1 saturated carbocycles. The van der Waals surface area contributed by atoms with Crippen LogP contribution in [0.3, 0.4) is 0 Å². The summed E-state index contributed by atoms with van der Waals surface area (Å²) in [5, 5.41) is 3.54. The highest BCUT2D eigenvalue weighted by molar-refractivity contribution is 5.24. The number of hydrogen-bond donors (Lipinski definition) is 1. The van der Waals surface area contributed by atoms with E-state index in [-0.39, 0.29) is 11.5 Å². The Morgan fingerprint density at radius 2 is 1.90 bits per heavy atom. The average molecular weight is 295 g/mol. The molecule has 118 valence electrons. The highest BCUT2D eigenvalue weighted by Crippen LogP contribution is 2.41. The number of nitrogens with one attached hydrogen (secondary N) is 1. The van der Waals surface area contributed by atoms with E-state index in [0.717, 1.165) is 25.5 Å². The molecule has 0 aromatic heterocycles. The Morgan fingerprint density at radius 1 is 1.19 bits per heavy atom. The standard InChI is InChI=1S/C18H27F2N/c1-12-5-6-13(11-21-18(2,3)4)16(9-12)15-8-7-14(19)10-17(15)20/h7-8,10,12-13,16,21H,5-6,9,11H2,1-4H3. The predicted octanol–water partition coefficient (Wildman–Crippen LogP) is 4.87. The van der Waals surface area contributed by atoms with Crippen molar-refractivity contribution in [2.24, 2.45) is 11.8 Å². The van der Waals surface area contributed by atoms with Crippen LogP contribution in [0.25, 0.3) is 0 Å². The Morgan fingerprint density at radius 3 is 2.52 bits per heavy atom. The summed E-state index contributed by atoms with van der Waals surface area (Å²) in [6.07, 6.45) is 3.28. The molecule has 3 atom stereocenters. The Kier molecular flexibility index (Phi) is 5.03. The van der Waals surface area contributed by atoms with Crippen LogP contribution in [-0.4, -0.2) is 12.1 Å². The molecule has 0 radical (unpaired) electrons. The largest absolute Gasteiger partial charge is 0.312 e. The molecular weight excluding hydrogens is 268 g/mol. The third-order valence-electron chi connectivity index (χ3n) is 4.51. The van der Waals surface area contributed by atoms with E-state index in [0.29, 0.717) is 17.4 Å². The van der Waals surface area contributed by atoms with Gasteiger partial charge in [0.1, 0.15) is 11.6 Å². The molecule has 1 aliphatic carbocycles. The van der Waals surface area contributed by atoms with Crippen LogP contribution in [0.1, 0.15) is 58.4 Å². The van der Waals surface area contributed by atoms with Crippen LogP contribution in [-0.2, 0) is 0 Å². The fourth-order valence-electron chi connectivity index (χ4n) is 3.31.